The van der Waals surface area contributed by atoms with Crippen molar-refractivity contribution in [3.63, 3.8) is 0 Å². The van der Waals surface area contributed by atoms with E-state index in [4.69, 9.17) is 21.1 Å². The van der Waals surface area contributed by atoms with Crippen LogP contribution in [0.1, 0.15) is 56.9 Å². The second-order valence-electron chi connectivity index (χ2n) is 8.52. The van der Waals surface area contributed by atoms with Crippen molar-refractivity contribution >= 4 is 11.6 Å². The van der Waals surface area contributed by atoms with Crippen LogP contribution in [0.15, 0.2) is 18.2 Å². The van der Waals surface area contributed by atoms with Gasteiger partial charge in [0.2, 0.25) is 0 Å². The van der Waals surface area contributed by atoms with Crippen molar-refractivity contribution in [3.8, 4) is 5.75 Å². The molecule has 3 unspecified atom stereocenters. The molecule has 2 saturated carbocycles. The molecule has 0 radical (unpaired) electrons. The van der Waals surface area contributed by atoms with Gasteiger partial charge in [0.25, 0.3) is 0 Å². The quantitative estimate of drug-likeness (QED) is 0.714. The Morgan fingerprint density at radius 3 is 2.62 bits per heavy atom. The van der Waals surface area contributed by atoms with Crippen LogP contribution in [0.25, 0.3) is 0 Å². The lowest BCUT2D eigenvalue weighted by molar-refractivity contribution is -0.0747. The lowest BCUT2D eigenvalue weighted by Gasteiger charge is -2.45. The lowest BCUT2D eigenvalue weighted by atomic mass is 9.81. The second-order valence-corrected chi connectivity index (χ2v) is 8.95. The fourth-order valence-corrected chi connectivity index (χ4v) is 6.07. The molecule has 0 aromatic heterocycles. The molecule has 3 aliphatic rings. The van der Waals surface area contributed by atoms with Crippen LogP contribution < -0.4 is 4.74 Å². The number of nitrogens with zero attached hydrogens (tertiary/aromatic N) is 1. The molecular weight excluding hydrogens is 346 g/mol. The van der Waals surface area contributed by atoms with Crippen molar-refractivity contribution in [2.75, 3.05) is 27.3 Å². The zero-order chi connectivity index (χ0) is 18.1. The van der Waals surface area contributed by atoms with Crippen LogP contribution in [0.5, 0.6) is 5.75 Å². The van der Waals surface area contributed by atoms with Crippen molar-refractivity contribution in [3.05, 3.63) is 28.8 Å². The minimum atomic E-state index is -0.282. The number of likely N-dealkylation sites (tertiary alicyclic amines) is 1. The summed E-state index contributed by atoms with van der Waals surface area (Å²) in [7, 11) is 3.57. The van der Waals surface area contributed by atoms with Gasteiger partial charge in [0.1, 0.15) is 5.75 Å². The van der Waals surface area contributed by atoms with E-state index < -0.39 is 0 Å². The van der Waals surface area contributed by atoms with Crippen molar-refractivity contribution < 1.29 is 9.47 Å². The highest BCUT2D eigenvalue weighted by Crippen LogP contribution is 2.46. The van der Waals surface area contributed by atoms with Gasteiger partial charge in [-0.05, 0) is 62.1 Å². The third-order valence-electron chi connectivity index (χ3n) is 7.36. The predicted octanol–water partition coefficient (Wildman–Crippen LogP) is 5.25. The number of hydrogen-bond donors (Lipinski definition) is 0. The Labute approximate surface area is 163 Å². The number of methoxy groups -OCH3 is 2. The van der Waals surface area contributed by atoms with E-state index >= 15 is 0 Å². The number of halogens is 1. The first-order valence-corrected chi connectivity index (χ1v) is 10.7. The smallest absolute Gasteiger partial charge is 0.125 e. The van der Waals surface area contributed by atoms with Gasteiger partial charge in [0.15, 0.2) is 0 Å². The van der Waals surface area contributed by atoms with Crippen molar-refractivity contribution in [1.82, 2.24) is 4.90 Å². The average molecular weight is 378 g/mol. The highest BCUT2D eigenvalue weighted by molar-refractivity contribution is 6.30. The van der Waals surface area contributed by atoms with Crippen molar-refractivity contribution in [1.29, 1.82) is 0 Å². The minimum absolute atomic E-state index is 0.282. The van der Waals surface area contributed by atoms with E-state index in [-0.39, 0.29) is 5.60 Å². The van der Waals surface area contributed by atoms with Crippen molar-refractivity contribution in [2.24, 2.45) is 11.8 Å². The third-order valence-corrected chi connectivity index (χ3v) is 7.59. The number of fused-ring (bicyclic) bond motifs is 2. The number of hydrogen-bond acceptors (Lipinski definition) is 3. The molecule has 2 aliphatic carbocycles. The van der Waals surface area contributed by atoms with Gasteiger partial charge in [-0.3, -0.25) is 4.90 Å². The summed E-state index contributed by atoms with van der Waals surface area (Å²) in [5, 5.41) is 0.750. The van der Waals surface area contributed by atoms with E-state index in [9.17, 15) is 0 Å². The molecule has 1 aromatic rings. The zero-order valence-electron chi connectivity index (χ0n) is 16.2. The van der Waals surface area contributed by atoms with Gasteiger partial charge >= 0.3 is 0 Å². The van der Waals surface area contributed by atoms with E-state index in [0.717, 1.165) is 60.1 Å². The molecular formula is C22H32ClNO2. The Bertz CT molecular complexity index is 627. The molecule has 1 heterocycles. The number of piperidine rings is 1. The van der Waals surface area contributed by atoms with Crippen LogP contribution in [0.3, 0.4) is 0 Å². The number of rotatable bonds is 4. The predicted molar refractivity (Wildman–Crippen MR) is 106 cm³/mol. The summed E-state index contributed by atoms with van der Waals surface area (Å²) in [4.78, 5) is 2.77. The molecule has 1 aliphatic heterocycles. The van der Waals surface area contributed by atoms with Crippen LogP contribution in [0.2, 0.25) is 5.02 Å². The highest BCUT2D eigenvalue weighted by Gasteiger charge is 2.43. The van der Waals surface area contributed by atoms with Gasteiger partial charge < -0.3 is 9.47 Å². The molecule has 0 spiro atoms. The first kappa shape index (κ1) is 18.6. The van der Waals surface area contributed by atoms with Gasteiger partial charge in [-0.2, -0.15) is 0 Å². The monoisotopic (exact) mass is 377 g/mol. The Hall–Kier alpha value is -0.770. The molecule has 2 bridgehead atoms. The average Bonchev–Trinajstić information content (AvgIpc) is 3.03. The first-order chi connectivity index (χ1) is 12.6. The fourth-order valence-electron chi connectivity index (χ4n) is 5.89. The lowest BCUT2D eigenvalue weighted by Crippen LogP contribution is -2.49. The Morgan fingerprint density at radius 1 is 1.08 bits per heavy atom. The van der Waals surface area contributed by atoms with Gasteiger partial charge in [-0.1, -0.05) is 30.9 Å². The summed E-state index contributed by atoms with van der Waals surface area (Å²) in [6.45, 7) is 2.21. The standard InChI is InChI=1S/C22H32ClNO2/c1-25-21-9-8-18(23)15-19(21)22(26-2)10-12-24(13-11-22)20-5-3-4-16-6-7-17(20)14-16/h8-9,15-17,20H,3-7,10-14H2,1-2H3. The van der Waals surface area contributed by atoms with Crippen LogP contribution in [0, 0.1) is 11.8 Å². The topological polar surface area (TPSA) is 21.7 Å². The fraction of sp³-hybridized carbons (Fsp3) is 0.727. The van der Waals surface area contributed by atoms with Gasteiger partial charge in [-0.15, -0.1) is 0 Å². The van der Waals surface area contributed by atoms with E-state index in [1.165, 1.54) is 38.5 Å². The number of ether oxygens (including phenoxy) is 2. The molecule has 3 atom stereocenters. The SMILES string of the molecule is COc1ccc(Cl)cc1C1(OC)CCN(C2CCCC3CCC2C3)CC1. The Morgan fingerprint density at radius 2 is 1.88 bits per heavy atom. The molecule has 1 aromatic carbocycles. The number of benzene rings is 1. The first-order valence-electron chi connectivity index (χ1n) is 10.3. The summed E-state index contributed by atoms with van der Waals surface area (Å²) < 4.78 is 11.7. The summed E-state index contributed by atoms with van der Waals surface area (Å²) >= 11 is 6.30. The molecule has 26 heavy (non-hydrogen) atoms. The van der Waals surface area contributed by atoms with Crippen LogP contribution >= 0.6 is 11.6 Å². The highest BCUT2D eigenvalue weighted by atomic mass is 35.5. The van der Waals surface area contributed by atoms with Gasteiger partial charge in [-0.25, -0.2) is 0 Å². The molecule has 3 nitrogen and oxygen atoms in total. The largest absolute Gasteiger partial charge is 0.496 e. The summed E-state index contributed by atoms with van der Waals surface area (Å²) in [6, 6.07) is 6.69. The second kappa shape index (κ2) is 7.69. The maximum Gasteiger partial charge on any atom is 0.125 e. The maximum absolute atomic E-state index is 6.30. The van der Waals surface area contributed by atoms with E-state index in [1.54, 1.807) is 7.11 Å². The molecule has 0 amide bonds. The van der Waals surface area contributed by atoms with Crippen LogP contribution in [-0.4, -0.2) is 38.3 Å². The van der Waals surface area contributed by atoms with Gasteiger partial charge in [0, 0.05) is 36.8 Å². The van der Waals surface area contributed by atoms with Crippen LogP contribution in [0.4, 0.5) is 0 Å². The minimum Gasteiger partial charge on any atom is -0.496 e. The maximum atomic E-state index is 6.30. The van der Waals surface area contributed by atoms with Gasteiger partial charge in [0.05, 0.1) is 12.7 Å². The molecule has 4 rings (SSSR count). The van der Waals surface area contributed by atoms with Crippen molar-refractivity contribution in [2.45, 2.75) is 63.0 Å². The Kier molecular flexibility index (Phi) is 5.50. The molecule has 3 fully saturated rings. The summed E-state index contributed by atoms with van der Waals surface area (Å²) in [5.74, 6) is 2.83. The van der Waals surface area contributed by atoms with E-state index in [0.29, 0.717) is 0 Å². The zero-order valence-corrected chi connectivity index (χ0v) is 16.9. The Balaban J connectivity index is 1.51. The molecule has 0 N–H and O–H groups in total. The third kappa shape index (κ3) is 3.39. The normalized spacial score (nSPS) is 31.6. The molecule has 144 valence electrons. The molecule has 4 heteroatoms. The van der Waals surface area contributed by atoms with Crippen LogP contribution in [-0.2, 0) is 10.3 Å². The van der Waals surface area contributed by atoms with E-state index in [1.807, 2.05) is 25.3 Å². The summed E-state index contributed by atoms with van der Waals surface area (Å²) in [5.41, 5.74) is 0.826. The molecule has 1 saturated heterocycles. The van der Waals surface area contributed by atoms with E-state index in [2.05, 4.69) is 4.90 Å². The summed E-state index contributed by atoms with van der Waals surface area (Å²) in [6.07, 6.45) is 10.7.